The van der Waals surface area contributed by atoms with Gasteiger partial charge in [0.15, 0.2) is 0 Å². The minimum absolute atomic E-state index is 0.198. The first-order chi connectivity index (χ1) is 3.77. The summed E-state index contributed by atoms with van der Waals surface area (Å²) in [6.07, 6.45) is 3.19. The molecule has 0 heterocycles. The Morgan fingerprint density at radius 2 is 2.25 bits per heavy atom. The van der Waals surface area contributed by atoms with E-state index in [1.165, 1.54) is 0 Å². The minimum Gasteiger partial charge on any atom is -0.513 e. The molecule has 48 valence electrons. The highest BCUT2D eigenvalue weighted by Crippen LogP contribution is 1.92. The van der Waals surface area contributed by atoms with Crippen LogP contribution in [0.2, 0.25) is 0 Å². The SMILES string of the molecule is CC(O)=CCCCO. The molecule has 0 radical (unpaired) electrons. The van der Waals surface area contributed by atoms with Crippen molar-refractivity contribution in [1.29, 1.82) is 0 Å². The van der Waals surface area contributed by atoms with E-state index in [1.54, 1.807) is 13.0 Å². The van der Waals surface area contributed by atoms with Crippen molar-refractivity contribution < 1.29 is 10.2 Å². The van der Waals surface area contributed by atoms with E-state index >= 15 is 0 Å². The van der Waals surface area contributed by atoms with E-state index in [1.807, 2.05) is 0 Å². The lowest BCUT2D eigenvalue weighted by atomic mass is 10.3. The Balaban J connectivity index is 3.03. The Morgan fingerprint density at radius 3 is 2.62 bits per heavy atom. The van der Waals surface area contributed by atoms with Crippen LogP contribution in [0.25, 0.3) is 0 Å². The molecular weight excluding hydrogens is 104 g/mol. The number of hydrogen-bond donors (Lipinski definition) is 2. The van der Waals surface area contributed by atoms with Crippen LogP contribution in [-0.2, 0) is 0 Å². The third kappa shape index (κ3) is 5.50. The predicted molar refractivity (Wildman–Crippen MR) is 32.7 cm³/mol. The molecule has 0 rings (SSSR count). The Kier molecular flexibility index (Phi) is 4.36. The van der Waals surface area contributed by atoms with E-state index in [0.717, 1.165) is 12.8 Å². The second kappa shape index (κ2) is 4.65. The summed E-state index contributed by atoms with van der Waals surface area (Å²) in [5, 5.41) is 16.8. The third-order valence-corrected chi connectivity index (χ3v) is 0.802. The number of allylic oxidation sites excluding steroid dienone is 2. The molecule has 0 aliphatic rings. The van der Waals surface area contributed by atoms with Crippen molar-refractivity contribution in [2.24, 2.45) is 0 Å². The first kappa shape index (κ1) is 7.50. The fraction of sp³-hybridized carbons (Fsp3) is 0.667. The van der Waals surface area contributed by atoms with Crippen molar-refractivity contribution in [1.82, 2.24) is 0 Å². The van der Waals surface area contributed by atoms with Crippen LogP contribution in [0.15, 0.2) is 11.8 Å². The standard InChI is InChI=1S/C6H12O2/c1-6(8)4-2-3-5-7/h4,7-8H,2-3,5H2,1H3. The van der Waals surface area contributed by atoms with Gasteiger partial charge in [0, 0.05) is 6.61 Å². The van der Waals surface area contributed by atoms with Crippen molar-refractivity contribution >= 4 is 0 Å². The monoisotopic (exact) mass is 116 g/mol. The molecule has 0 atom stereocenters. The van der Waals surface area contributed by atoms with Gasteiger partial charge in [-0.2, -0.15) is 0 Å². The number of aliphatic hydroxyl groups excluding tert-OH is 2. The van der Waals surface area contributed by atoms with E-state index in [9.17, 15) is 0 Å². The van der Waals surface area contributed by atoms with Crippen LogP contribution in [0.3, 0.4) is 0 Å². The molecule has 0 aromatic carbocycles. The Bertz CT molecular complexity index is 72.6. The molecule has 2 N–H and O–H groups in total. The zero-order chi connectivity index (χ0) is 6.41. The van der Waals surface area contributed by atoms with Gasteiger partial charge in [0.05, 0.1) is 5.76 Å². The van der Waals surface area contributed by atoms with Crippen LogP contribution in [0.1, 0.15) is 19.8 Å². The molecule has 0 saturated carbocycles. The normalized spacial score (nSPS) is 12.0. The molecule has 0 aromatic heterocycles. The Labute approximate surface area is 49.5 Å². The van der Waals surface area contributed by atoms with E-state index < -0.39 is 0 Å². The highest BCUT2D eigenvalue weighted by Gasteiger charge is 1.80. The van der Waals surface area contributed by atoms with Crippen LogP contribution in [-0.4, -0.2) is 16.8 Å². The second-order valence-electron chi connectivity index (χ2n) is 1.71. The zero-order valence-corrected chi connectivity index (χ0v) is 5.09. The van der Waals surface area contributed by atoms with Gasteiger partial charge in [-0.05, 0) is 25.8 Å². The summed E-state index contributed by atoms with van der Waals surface area (Å²) in [4.78, 5) is 0. The maximum atomic E-state index is 8.56. The fourth-order valence-electron chi connectivity index (χ4n) is 0.402. The summed E-state index contributed by atoms with van der Waals surface area (Å²) in [7, 11) is 0. The number of rotatable bonds is 3. The van der Waals surface area contributed by atoms with Gasteiger partial charge >= 0.3 is 0 Å². The van der Waals surface area contributed by atoms with Gasteiger partial charge in [0.1, 0.15) is 0 Å². The molecule has 0 fully saturated rings. The van der Waals surface area contributed by atoms with Crippen molar-refractivity contribution in [3.8, 4) is 0 Å². The lowest BCUT2D eigenvalue weighted by Crippen LogP contribution is -1.79. The van der Waals surface area contributed by atoms with Gasteiger partial charge in [-0.25, -0.2) is 0 Å². The van der Waals surface area contributed by atoms with Gasteiger partial charge in [-0.15, -0.1) is 0 Å². The molecule has 0 amide bonds. The van der Waals surface area contributed by atoms with Gasteiger partial charge < -0.3 is 10.2 Å². The van der Waals surface area contributed by atoms with E-state index in [-0.39, 0.29) is 6.61 Å². The summed E-state index contributed by atoms with van der Waals surface area (Å²) < 4.78 is 0. The molecule has 0 aliphatic heterocycles. The van der Waals surface area contributed by atoms with Gasteiger partial charge in [-0.1, -0.05) is 0 Å². The Morgan fingerprint density at radius 1 is 1.62 bits per heavy atom. The highest BCUT2D eigenvalue weighted by atomic mass is 16.3. The first-order valence-electron chi connectivity index (χ1n) is 2.74. The van der Waals surface area contributed by atoms with Crippen molar-refractivity contribution in [3.05, 3.63) is 11.8 Å². The average molecular weight is 116 g/mol. The van der Waals surface area contributed by atoms with Crippen LogP contribution in [0, 0.1) is 0 Å². The maximum absolute atomic E-state index is 8.56. The first-order valence-corrected chi connectivity index (χ1v) is 2.74. The van der Waals surface area contributed by atoms with Gasteiger partial charge in [0.2, 0.25) is 0 Å². The zero-order valence-electron chi connectivity index (χ0n) is 5.09. The highest BCUT2D eigenvalue weighted by molar-refractivity contribution is 4.84. The minimum atomic E-state index is 0.198. The number of unbranched alkanes of at least 4 members (excludes halogenated alkanes) is 1. The molecule has 8 heavy (non-hydrogen) atoms. The second-order valence-corrected chi connectivity index (χ2v) is 1.71. The third-order valence-electron chi connectivity index (χ3n) is 0.802. The quantitative estimate of drug-likeness (QED) is 0.430. The van der Waals surface area contributed by atoms with Crippen LogP contribution in [0.4, 0.5) is 0 Å². The van der Waals surface area contributed by atoms with Crippen molar-refractivity contribution in [2.75, 3.05) is 6.61 Å². The van der Waals surface area contributed by atoms with Gasteiger partial charge in [0.25, 0.3) is 0 Å². The largest absolute Gasteiger partial charge is 0.513 e. The average Bonchev–Trinajstić information content (AvgIpc) is 1.66. The van der Waals surface area contributed by atoms with E-state index in [0.29, 0.717) is 5.76 Å². The number of hydrogen-bond acceptors (Lipinski definition) is 2. The molecule has 0 saturated heterocycles. The molecule has 0 aromatic rings. The summed E-state index contributed by atoms with van der Waals surface area (Å²) in [6.45, 7) is 1.82. The lowest BCUT2D eigenvalue weighted by Gasteiger charge is -1.88. The summed E-state index contributed by atoms with van der Waals surface area (Å²) in [6, 6.07) is 0. The van der Waals surface area contributed by atoms with Gasteiger partial charge in [-0.3, -0.25) is 0 Å². The molecule has 2 heteroatoms. The van der Waals surface area contributed by atoms with Crippen molar-refractivity contribution in [3.63, 3.8) is 0 Å². The van der Waals surface area contributed by atoms with Crippen LogP contribution >= 0.6 is 0 Å². The number of aliphatic hydroxyl groups is 2. The predicted octanol–water partition coefficient (Wildman–Crippen LogP) is 1.22. The van der Waals surface area contributed by atoms with Crippen molar-refractivity contribution in [2.45, 2.75) is 19.8 Å². The summed E-state index contributed by atoms with van der Waals surface area (Å²) in [5.74, 6) is 0.332. The molecular formula is C6H12O2. The Hall–Kier alpha value is -0.500. The molecule has 2 nitrogen and oxygen atoms in total. The molecule has 0 spiro atoms. The smallest absolute Gasteiger partial charge is 0.0852 e. The van der Waals surface area contributed by atoms with E-state index in [2.05, 4.69) is 0 Å². The topological polar surface area (TPSA) is 40.5 Å². The fourth-order valence-corrected chi connectivity index (χ4v) is 0.402. The van der Waals surface area contributed by atoms with Crippen LogP contribution in [0.5, 0.6) is 0 Å². The van der Waals surface area contributed by atoms with E-state index in [4.69, 9.17) is 10.2 Å². The lowest BCUT2D eigenvalue weighted by molar-refractivity contribution is 0.289. The molecule has 0 unspecified atom stereocenters. The molecule has 0 aliphatic carbocycles. The summed E-state index contributed by atoms with van der Waals surface area (Å²) in [5.41, 5.74) is 0. The maximum Gasteiger partial charge on any atom is 0.0852 e. The van der Waals surface area contributed by atoms with Crippen LogP contribution < -0.4 is 0 Å². The molecule has 0 bridgehead atoms. The summed E-state index contributed by atoms with van der Waals surface area (Å²) >= 11 is 0.